The van der Waals surface area contributed by atoms with E-state index in [2.05, 4.69) is 20.6 Å². The predicted octanol–water partition coefficient (Wildman–Crippen LogP) is 3.71. The lowest BCUT2D eigenvalue weighted by molar-refractivity contribution is -0.120. The lowest BCUT2D eigenvalue weighted by Gasteiger charge is -2.36. The number of carbonyl (C=O) groups is 2. The highest BCUT2D eigenvalue weighted by Crippen LogP contribution is 2.38. The lowest BCUT2D eigenvalue weighted by atomic mass is 9.89. The van der Waals surface area contributed by atoms with Crippen molar-refractivity contribution in [2.75, 3.05) is 12.4 Å². The largest absolute Gasteiger partial charge is 0.488 e. The van der Waals surface area contributed by atoms with E-state index in [4.69, 9.17) is 9.47 Å². The van der Waals surface area contributed by atoms with Gasteiger partial charge in [-0.25, -0.2) is 19.2 Å². The van der Waals surface area contributed by atoms with Gasteiger partial charge in [0.1, 0.15) is 39.5 Å². The molecule has 1 aliphatic carbocycles. The van der Waals surface area contributed by atoms with Crippen LogP contribution in [0, 0.1) is 12.7 Å². The number of hydrogen-bond donors (Lipinski definition) is 2. The van der Waals surface area contributed by atoms with Crippen LogP contribution >= 0.6 is 11.3 Å². The molecule has 4 rings (SSSR count). The Kier molecular flexibility index (Phi) is 5.73. The fourth-order valence-electron chi connectivity index (χ4n) is 3.53. The SMILES string of the molecule is COC(=O)c1sc2ncnc(Nc3ccc(F)cc3OC3CC(NC(C)=O)C3)c2c1C. The van der Waals surface area contributed by atoms with Gasteiger partial charge >= 0.3 is 5.97 Å². The number of aromatic nitrogens is 2. The number of esters is 1. The second-order valence-corrected chi connectivity index (χ2v) is 8.32. The van der Waals surface area contributed by atoms with Gasteiger partial charge in [-0.1, -0.05) is 0 Å². The summed E-state index contributed by atoms with van der Waals surface area (Å²) < 4.78 is 24.7. The van der Waals surface area contributed by atoms with Gasteiger partial charge in [0.25, 0.3) is 0 Å². The van der Waals surface area contributed by atoms with Gasteiger partial charge in [-0.3, -0.25) is 4.79 Å². The van der Waals surface area contributed by atoms with Crippen LogP contribution in [0.1, 0.15) is 35.0 Å². The second kappa shape index (κ2) is 8.46. The Hall–Kier alpha value is -3.27. The Morgan fingerprint density at radius 2 is 2.03 bits per heavy atom. The van der Waals surface area contributed by atoms with Crippen LogP contribution in [0.5, 0.6) is 5.75 Å². The average Bonchev–Trinajstić information content (AvgIpc) is 3.05. The summed E-state index contributed by atoms with van der Waals surface area (Å²) in [4.78, 5) is 32.9. The molecule has 1 saturated carbocycles. The standard InChI is InChI=1S/C21H21FN4O4S/c1-10-17-19(23-9-24-20(17)31-18(10)21(28)29-3)26-15-5-4-12(22)6-16(15)30-14-7-13(8-14)25-11(2)27/h4-6,9,13-14H,7-8H2,1-3H3,(H,25,27)(H,23,24,26). The van der Waals surface area contributed by atoms with Gasteiger partial charge in [0.2, 0.25) is 5.91 Å². The highest BCUT2D eigenvalue weighted by molar-refractivity contribution is 7.20. The van der Waals surface area contributed by atoms with Crippen molar-refractivity contribution in [3.05, 3.63) is 40.8 Å². The number of rotatable bonds is 6. The highest BCUT2D eigenvalue weighted by Gasteiger charge is 2.32. The van der Waals surface area contributed by atoms with Crippen molar-refractivity contribution in [2.45, 2.75) is 38.8 Å². The van der Waals surface area contributed by atoms with E-state index in [-0.39, 0.29) is 18.1 Å². The monoisotopic (exact) mass is 444 g/mol. The number of anilines is 2. The number of fused-ring (bicyclic) bond motifs is 1. The first-order valence-corrected chi connectivity index (χ1v) is 10.5. The number of nitrogens with one attached hydrogen (secondary N) is 2. The number of benzene rings is 1. The highest BCUT2D eigenvalue weighted by atomic mass is 32.1. The minimum Gasteiger partial charge on any atom is -0.488 e. The first-order chi connectivity index (χ1) is 14.9. The van der Waals surface area contributed by atoms with Gasteiger partial charge in [-0.2, -0.15) is 0 Å². The van der Waals surface area contributed by atoms with Crippen molar-refractivity contribution in [3.63, 3.8) is 0 Å². The third-order valence-electron chi connectivity index (χ3n) is 5.09. The van der Waals surface area contributed by atoms with Gasteiger partial charge < -0.3 is 20.1 Å². The Morgan fingerprint density at radius 1 is 1.26 bits per heavy atom. The maximum Gasteiger partial charge on any atom is 0.348 e. The molecule has 1 amide bonds. The van der Waals surface area contributed by atoms with Crippen LogP contribution in [0.4, 0.5) is 15.9 Å². The van der Waals surface area contributed by atoms with E-state index in [0.717, 1.165) is 0 Å². The van der Waals surface area contributed by atoms with Gasteiger partial charge in [0.15, 0.2) is 0 Å². The van der Waals surface area contributed by atoms with Crippen molar-refractivity contribution >= 4 is 44.9 Å². The third kappa shape index (κ3) is 4.29. The Bertz CT molecular complexity index is 1160. The zero-order valence-corrected chi connectivity index (χ0v) is 18.0. The Labute approximate surface area is 181 Å². The molecule has 2 heterocycles. The summed E-state index contributed by atoms with van der Waals surface area (Å²) in [6.45, 7) is 3.28. The fraction of sp³-hybridized carbons (Fsp3) is 0.333. The number of methoxy groups -OCH3 is 1. The first-order valence-electron chi connectivity index (χ1n) is 9.68. The smallest absolute Gasteiger partial charge is 0.348 e. The summed E-state index contributed by atoms with van der Waals surface area (Å²) in [5.41, 5.74) is 1.24. The predicted molar refractivity (Wildman–Crippen MR) is 114 cm³/mol. The number of nitrogens with zero attached hydrogens (tertiary/aromatic N) is 2. The number of ether oxygens (including phenoxy) is 2. The van der Waals surface area contributed by atoms with Gasteiger partial charge in [0, 0.05) is 31.9 Å². The van der Waals surface area contributed by atoms with Crippen LogP contribution in [0.15, 0.2) is 24.5 Å². The number of thiophene rings is 1. The van der Waals surface area contributed by atoms with Gasteiger partial charge in [0.05, 0.1) is 18.2 Å². The molecule has 2 N–H and O–H groups in total. The van der Waals surface area contributed by atoms with Crippen molar-refractivity contribution in [2.24, 2.45) is 0 Å². The molecule has 0 saturated heterocycles. The lowest BCUT2D eigenvalue weighted by Crippen LogP contribution is -2.48. The van der Waals surface area contributed by atoms with Crippen molar-refractivity contribution in [1.29, 1.82) is 0 Å². The summed E-state index contributed by atoms with van der Waals surface area (Å²) in [5, 5.41) is 6.73. The third-order valence-corrected chi connectivity index (χ3v) is 6.27. The Balaban J connectivity index is 1.60. The van der Waals surface area contributed by atoms with E-state index < -0.39 is 11.8 Å². The molecule has 8 nitrogen and oxygen atoms in total. The molecule has 0 atom stereocenters. The molecule has 0 unspecified atom stereocenters. The van der Waals surface area contributed by atoms with Crippen LogP contribution in [-0.2, 0) is 9.53 Å². The number of carbonyl (C=O) groups excluding carboxylic acids is 2. The summed E-state index contributed by atoms with van der Waals surface area (Å²) in [6.07, 6.45) is 2.58. The summed E-state index contributed by atoms with van der Waals surface area (Å²) >= 11 is 1.22. The van der Waals surface area contributed by atoms with Crippen LogP contribution in [0.2, 0.25) is 0 Å². The molecule has 0 radical (unpaired) electrons. The van der Waals surface area contributed by atoms with Crippen LogP contribution in [-0.4, -0.2) is 41.1 Å². The van der Waals surface area contributed by atoms with E-state index in [1.165, 1.54) is 43.8 Å². The molecule has 3 aromatic rings. The maximum atomic E-state index is 13.9. The molecular formula is C21H21FN4O4S. The molecule has 0 aliphatic heterocycles. The summed E-state index contributed by atoms with van der Waals surface area (Å²) in [5.74, 6) is -0.113. The molecular weight excluding hydrogens is 423 g/mol. The average molecular weight is 444 g/mol. The zero-order chi connectivity index (χ0) is 22.1. The molecule has 0 spiro atoms. The quantitative estimate of drug-likeness (QED) is 0.559. The molecule has 1 aliphatic rings. The van der Waals surface area contributed by atoms with Gasteiger partial charge in [-0.05, 0) is 24.6 Å². The molecule has 1 aromatic carbocycles. The second-order valence-electron chi connectivity index (χ2n) is 7.32. The zero-order valence-electron chi connectivity index (χ0n) is 17.2. The van der Waals surface area contributed by atoms with E-state index in [1.807, 2.05) is 0 Å². The molecule has 162 valence electrons. The summed E-state index contributed by atoms with van der Waals surface area (Å²) in [7, 11) is 1.33. The van der Waals surface area contributed by atoms with Crippen LogP contribution < -0.4 is 15.4 Å². The number of amides is 1. The molecule has 10 heteroatoms. The molecule has 2 aromatic heterocycles. The van der Waals surface area contributed by atoms with E-state index in [1.54, 1.807) is 13.0 Å². The molecule has 31 heavy (non-hydrogen) atoms. The Morgan fingerprint density at radius 3 is 2.74 bits per heavy atom. The van der Waals surface area contributed by atoms with Crippen LogP contribution in [0.3, 0.4) is 0 Å². The fourth-order valence-corrected chi connectivity index (χ4v) is 4.59. The van der Waals surface area contributed by atoms with Crippen molar-refractivity contribution in [3.8, 4) is 5.75 Å². The minimum atomic E-state index is -0.434. The van der Waals surface area contributed by atoms with E-state index in [9.17, 15) is 14.0 Å². The maximum absolute atomic E-state index is 13.9. The molecule has 1 fully saturated rings. The number of halogens is 1. The normalized spacial score (nSPS) is 17.7. The van der Waals surface area contributed by atoms with Crippen molar-refractivity contribution < 1.29 is 23.5 Å². The van der Waals surface area contributed by atoms with Crippen LogP contribution in [0.25, 0.3) is 10.2 Å². The first kappa shape index (κ1) is 21.0. The topological polar surface area (TPSA) is 102 Å². The van der Waals surface area contributed by atoms with E-state index in [0.29, 0.717) is 50.8 Å². The van der Waals surface area contributed by atoms with Crippen molar-refractivity contribution in [1.82, 2.24) is 15.3 Å². The molecule has 0 bridgehead atoms. The number of hydrogen-bond acceptors (Lipinski definition) is 8. The van der Waals surface area contributed by atoms with Gasteiger partial charge in [-0.15, -0.1) is 11.3 Å². The summed E-state index contributed by atoms with van der Waals surface area (Å²) in [6, 6.07) is 4.28. The minimum absolute atomic E-state index is 0.0687. The number of aryl methyl sites for hydroxylation is 1. The van der Waals surface area contributed by atoms with E-state index >= 15 is 0 Å².